The van der Waals surface area contributed by atoms with Crippen LogP contribution in [0.25, 0.3) is 0 Å². The van der Waals surface area contributed by atoms with E-state index in [2.05, 4.69) is 10.3 Å². The summed E-state index contributed by atoms with van der Waals surface area (Å²) in [6, 6.07) is 2.68. The predicted octanol–water partition coefficient (Wildman–Crippen LogP) is 1.72. The molecule has 0 atom stereocenters. The van der Waals surface area contributed by atoms with Crippen molar-refractivity contribution in [3.05, 3.63) is 27.4 Å². The zero-order valence-corrected chi connectivity index (χ0v) is 10.6. The largest absolute Gasteiger partial charge is 0.382 e. The second-order valence-electron chi connectivity index (χ2n) is 3.29. The molecular formula is C10H14ClN3O4. The van der Waals surface area contributed by atoms with Crippen LogP contribution in [0.3, 0.4) is 0 Å². The highest BCUT2D eigenvalue weighted by Crippen LogP contribution is 2.23. The maximum Gasteiger partial charge on any atom is 0.311 e. The van der Waals surface area contributed by atoms with E-state index in [0.29, 0.717) is 26.4 Å². The summed E-state index contributed by atoms with van der Waals surface area (Å²) < 4.78 is 10.0. The number of hydrogen-bond donors (Lipinski definition) is 1. The Hall–Kier alpha value is -1.44. The Kier molecular flexibility index (Phi) is 6.34. The van der Waals surface area contributed by atoms with Crippen LogP contribution < -0.4 is 5.32 Å². The Morgan fingerprint density at radius 3 is 2.89 bits per heavy atom. The second-order valence-corrected chi connectivity index (χ2v) is 3.68. The van der Waals surface area contributed by atoms with Gasteiger partial charge in [0.2, 0.25) is 5.82 Å². The molecule has 1 aromatic rings. The third-order valence-corrected chi connectivity index (χ3v) is 2.22. The van der Waals surface area contributed by atoms with E-state index in [1.165, 1.54) is 12.1 Å². The summed E-state index contributed by atoms with van der Waals surface area (Å²) in [5, 5.41) is 13.7. The zero-order chi connectivity index (χ0) is 13.4. The maximum atomic E-state index is 10.7. The van der Waals surface area contributed by atoms with Crippen molar-refractivity contribution in [2.24, 2.45) is 0 Å². The monoisotopic (exact) mass is 275 g/mol. The van der Waals surface area contributed by atoms with Gasteiger partial charge >= 0.3 is 5.69 Å². The van der Waals surface area contributed by atoms with Crippen LogP contribution in [-0.4, -0.2) is 43.4 Å². The first kappa shape index (κ1) is 14.6. The van der Waals surface area contributed by atoms with Crippen LogP contribution in [0.2, 0.25) is 5.15 Å². The van der Waals surface area contributed by atoms with E-state index < -0.39 is 4.92 Å². The smallest absolute Gasteiger partial charge is 0.311 e. The lowest BCUT2D eigenvalue weighted by molar-refractivity contribution is -0.384. The molecule has 1 heterocycles. The Morgan fingerprint density at radius 2 is 2.22 bits per heavy atom. The van der Waals surface area contributed by atoms with Crippen LogP contribution in [0.5, 0.6) is 0 Å². The summed E-state index contributed by atoms with van der Waals surface area (Å²) >= 11 is 5.68. The number of rotatable bonds is 8. The number of anilines is 1. The fourth-order valence-electron chi connectivity index (χ4n) is 1.19. The van der Waals surface area contributed by atoms with Crippen LogP contribution in [0, 0.1) is 10.1 Å². The number of pyridine rings is 1. The van der Waals surface area contributed by atoms with Crippen LogP contribution in [0.1, 0.15) is 0 Å². The third kappa shape index (κ3) is 4.82. The van der Waals surface area contributed by atoms with Crippen molar-refractivity contribution in [1.29, 1.82) is 0 Å². The molecule has 0 aliphatic heterocycles. The van der Waals surface area contributed by atoms with Crippen molar-refractivity contribution < 1.29 is 14.4 Å². The molecule has 0 radical (unpaired) electrons. The second kappa shape index (κ2) is 7.80. The van der Waals surface area contributed by atoms with Crippen LogP contribution in [0.4, 0.5) is 11.5 Å². The highest BCUT2D eigenvalue weighted by atomic mass is 35.5. The molecule has 0 aliphatic carbocycles. The number of methoxy groups -OCH3 is 1. The number of ether oxygens (including phenoxy) is 2. The van der Waals surface area contributed by atoms with Gasteiger partial charge in [-0.3, -0.25) is 10.1 Å². The molecule has 0 unspecified atom stereocenters. The molecule has 0 amide bonds. The lowest BCUT2D eigenvalue weighted by atomic mass is 10.4. The van der Waals surface area contributed by atoms with E-state index in [0.717, 1.165) is 0 Å². The van der Waals surface area contributed by atoms with Crippen molar-refractivity contribution >= 4 is 23.1 Å². The molecule has 0 saturated heterocycles. The van der Waals surface area contributed by atoms with Gasteiger partial charge in [-0.25, -0.2) is 4.98 Å². The summed E-state index contributed by atoms with van der Waals surface area (Å²) in [7, 11) is 1.58. The third-order valence-electron chi connectivity index (χ3n) is 2.01. The Morgan fingerprint density at radius 1 is 1.44 bits per heavy atom. The Bertz CT molecular complexity index is 403. The van der Waals surface area contributed by atoms with Crippen LogP contribution >= 0.6 is 11.6 Å². The van der Waals surface area contributed by atoms with E-state index in [-0.39, 0.29) is 16.7 Å². The highest BCUT2D eigenvalue weighted by Gasteiger charge is 2.14. The molecule has 1 N–H and O–H groups in total. The number of aromatic nitrogens is 1. The van der Waals surface area contributed by atoms with Crippen molar-refractivity contribution in [2.75, 3.05) is 38.8 Å². The Balaban J connectivity index is 2.45. The van der Waals surface area contributed by atoms with Gasteiger partial charge < -0.3 is 14.8 Å². The first-order chi connectivity index (χ1) is 8.65. The molecule has 1 aromatic heterocycles. The van der Waals surface area contributed by atoms with Crippen LogP contribution in [0.15, 0.2) is 12.1 Å². The molecular weight excluding hydrogens is 262 g/mol. The topological polar surface area (TPSA) is 86.5 Å². The molecule has 100 valence electrons. The van der Waals surface area contributed by atoms with E-state index in [1.54, 1.807) is 7.11 Å². The maximum absolute atomic E-state index is 10.7. The zero-order valence-electron chi connectivity index (χ0n) is 9.89. The fraction of sp³-hybridized carbons (Fsp3) is 0.500. The summed E-state index contributed by atoms with van der Waals surface area (Å²) in [5.74, 6) is 0.142. The van der Waals surface area contributed by atoms with Gasteiger partial charge in [0, 0.05) is 19.7 Å². The van der Waals surface area contributed by atoms with Gasteiger partial charge in [-0.15, -0.1) is 0 Å². The van der Waals surface area contributed by atoms with Gasteiger partial charge in [0.1, 0.15) is 5.15 Å². The SMILES string of the molecule is COCCOCCNc1nc(Cl)ccc1[N+](=O)[O-]. The van der Waals surface area contributed by atoms with Gasteiger partial charge in [-0.2, -0.15) is 0 Å². The number of hydrogen-bond acceptors (Lipinski definition) is 6. The minimum Gasteiger partial charge on any atom is -0.382 e. The van der Waals surface area contributed by atoms with Crippen molar-refractivity contribution in [2.45, 2.75) is 0 Å². The lowest BCUT2D eigenvalue weighted by Gasteiger charge is -2.07. The first-order valence-corrected chi connectivity index (χ1v) is 5.64. The van der Waals surface area contributed by atoms with E-state index in [1.807, 2.05) is 0 Å². The number of nitro groups is 1. The van der Waals surface area contributed by atoms with E-state index in [4.69, 9.17) is 21.1 Å². The standard InChI is InChI=1S/C10H14ClN3O4/c1-17-6-7-18-5-4-12-10-8(14(15)16)2-3-9(11)13-10/h2-3H,4-7H2,1H3,(H,12,13). The Labute approximate surface area is 109 Å². The summed E-state index contributed by atoms with van der Waals surface area (Å²) in [6.45, 7) is 1.78. The molecule has 0 aromatic carbocycles. The first-order valence-electron chi connectivity index (χ1n) is 5.26. The highest BCUT2D eigenvalue weighted by molar-refractivity contribution is 6.29. The van der Waals surface area contributed by atoms with Gasteiger partial charge in [0.25, 0.3) is 0 Å². The average molecular weight is 276 g/mol. The van der Waals surface area contributed by atoms with Crippen LogP contribution in [-0.2, 0) is 9.47 Å². The number of nitrogens with zero attached hydrogens (tertiary/aromatic N) is 2. The molecule has 0 spiro atoms. The van der Waals surface area contributed by atoms with Gasteiger partial charge in [0.15, 0.2) is 0 Å². The summed E-state index contributed by atoms with van der Waals surface area (Å²) in [5.41, 5.74) is -0.115. The molecule has 8 heteroatoms. The summed E-state index contributed by atoms with van der Waals surface area (Å²) in [4.78, 5) is 14.1. The molecule has 18 heavy (non-hydrogen) atoms. The summed E-state index contributed by atoms with van der Waals surface area (Å²) in [6.07, 6.45) is 0. The van der Waals surface area contributed by atoms with E-state index >= 15 is 0 Å². The van der Waals surface area contributed by atoms with Gasteiger partial charge in [-0.1, -0.05) is 11.6 Å². The van der Waals surface area contributed by atoms with Crippen molar-refractivity contribution in [3.63, 3.8) is 0 Å². The number of nitrogens with one attached hydrogen (secondary N) is 1. The lowest BCUT2D eigenvalue weighted by Crippen LogP contribution is -2.13. The normalized spacial score (nSPS) is 10.3. The van der Waals surface area contributed by atoms with E-state index in [9.17, 15) is 10.1 Å². The van der Waals surface area contributed by atoms with Crippen molar-refractivity contribution in [3.8, 4) is 0 Å². The fourth-order valence-corrected chi connectivity index (χ4v) is 1.34. The predicted molar refractivity (Wildman–Crippen MR) is 67.1 cm³/mol. The minimum absolute atomic E-state index is 0.115. The molecule has 7 nitrogen and oxygen atoms in total. The molecule has 0 fully saturated rings. The average Bonchev–Trinajstić information content (AvgIpc) is 2.33. The quantitative estimate of drug-likeness (QED) is 0.336. The molecule has 0 saturated carbocycles. The molecule has 1 rings (SSSR count). The van der Waals surface area contributed by atoms with Gasteiger partial charge in [-0.05, 0) is 6.07 Å². The molecule has 0 bridgehead atoms. The van der Waals surface area contributed by atoms with Gasteiger partial charge in [0.05, 0.1) is 24.7 Å². The molecule has 0 aliphatic rings. The minimum atomic E-state index is -0.516. The number of halogens is 1. The van der Waals surface area contributed by atoms with Crippen molar-refractivity contribution in [1.82, 2.24) is 4.98 Å².